The van der Waals surface area contributed by atoms with E-state index in [0.29, 0.717) is 85.1 Å². The minimum absolute atomic E-state index is 0.0751. The zero-order chi connectivity index (χ0) is 97.3. The van der Waals surface area contributed by atoms with Crippen molar-refractivity contribution in [3.05, 3.63) is 552 Å². The van der Waals surface area contributed by atoms with Crippen molar-refractivity contribution in [2.24, 2.45) is 0 Å². The SMILES string of the molecule is Cc1c(COc2cc(COc3ccc(C(=O)/C=C/c4ccccc4)cc3)cc(COc3ccc(C(=O)/C=C/c4ccccc4)cc3)c2)c(C)c(COc2cc(COc3ccc(C(=O)/C=C/c4ccccc4)cc3)cc(COc3ccc(C(=O)/C=C/c4ccccc4)cc3)c2)c(C)c1COc1cc(COc2ccc(C(=O)/C=C/c3ccccc3)cc2)cc(COc2ccc(C(=O)/C=C/c3ccccc3)cc2)c1. The van der Waals surface area contributed by atoms with Crippen molar-refractivity contribution in [2.75, 3.05) is 0 Å². The van der Waals surface area contributed by atoms with Crippen molar-refractivity contribution >= 4 is 71.2 Å². The van der Waals surface area contributed by atoms with Gasteiger partial charge < -0.3 is 42.6 Å². The van der Waals surface area contributed by atoms with E-state index in [1.165, 1.54) is 0 Å². The van der Waals surface area contributed by atoms with Crippen molar-refractivity contribution < 1.29 is 71.4 Å². The highest BCUT2D eigenvalue weighted by atomic mass is 16.5. The lowest BCUT2D eigenvalue weighted by molar-refractivity contribution is 0.103. The first kappa shape index (κ1) is 96.3. The van der Waals surface area contributed by atoms with Gasteiger partial charge >= 0.3 is 0 Å². The van der Waals surface area contributed by atoms with Crippen molar-refractivity contribution in [2.45, 2.75) is 80.2 Å². The third kappa shape index (κ3) is 28.4. The summed E-state index contributed by atoms with van der Waals surface area (Å²) >= 11 is 0. The van der Waals surface area contributed by atoms with Gasteiger partial charge in [-0.05, 0) is 358 Å². The molecule has 0 aliphatic rings. The second kappa shape index (κ2) is 48.6. The van der Waals surface area contributed by atoms with Crippen LogP contribution in [0.15, 0.2) is 419 Å². The van der Waals surface area contributed by atoms with Crippen LogP contribution in [0.3, 0.4) is 0 Å². The summed E-state index contributed by atoms with van der Waals surface area (Å²) in [6.45, 7) is 7.14. The first-order chi connectivity index (χ1) is 69.0. The minimum Gasteiger partial charge on any atom is -0.489 e. The van der Waals surface area contributed by atoms with Gasteiger partial charge in [0.05, 0.1) is 0 Å². The molecule has 16 rings (SSSR count). The predicted molar refractivity (Wildman–Crippen MR) is 556 cm³/mol. The molecule has 0 N–H and O–H groups in total. The van der Waals surface area contributed by atoms with Crippen LogP contribution in [-0.2, 0) is 59.5 Å². The Hall–Kier alpha value is -17.8. The Morgan fingerprint density at radius 1 is 0.170 bits per heavy atom. The maximum Gasteiger partial charge on any atom is 0.185 e. The summed E-state index contributed by atoms with van der Waals surface area (Å²) in [5.74, 6) is 3.94. The van der Waals surface area contributed by atoms with Crippen LogP contribution in [0.1, 0.15) is 162 Å². The third-order valence-corrected chi connectivity index (χ3v) is 23.6. The van der Waals surface area contributed by atoms with Crippen LogP contribution in [-0.4, -0.2) is 34.7 Å². The molecule has 0 radical (unpaired) electrons. The monoisotopic (exact) mass is 1850 g/mol. The number of ether oxygens (including phenoxy) is 9. The van der Waals surface area contributed by atoms with E-state index in [9.17, 15) is 28.8 Å². The quantitative estimate of drug-likeness (QED) is 0.0259. The number of hydrogen-bond donors (Lipinski definition) is 0. The molecule has 0 atom stereocenters. The first-order valence-electron chi connectivity index (χ1n) is 46.4. The summed E-state index contributed by atoms with van der Waals surface area (Å²) in [6, 6.07) is 118. The van der Waals surface area contributed by atoms with Crippen molar-refractivity contribution in [3.63, 3.8) is 0 Å². The molecule has 0 aromatic heterocycles. The molecule has 0 saturated heterocycles. The number of ketones is 6. The zero-order valence-corrected chi connectivity index (χ0v) is 78.3. The molecule has 0 fully saturated rings. The molecule has 0 aliphatic carbocycles. The fourth-order valence-electron chi connectivity index (χ4n) is 15.7. The summed E-state index contributed by atoms with van der Waals surface area (Å²) in [7, 11) is 0. The molecule has 141 heavy (non-hydrogen) atoms. The van der Waals surface area contributed by atoms with Crippen LogP contribution >= 0.6 is 0 Å². The smallest absolute Gasteiger partial charge is 0.185 e. The maximum absolute atomic E-state index is 13.4. The molecule has 0 unspecified atom stereocenters. The number of carbonyl (C=O) groups excluding carboxylic acids is 6. The van der Waals surface area contributed by atoms with Crippen LogP contribution in [0.25, 0.3) is 36.5 Å². The third-order valence-electron chi connectivity index (χ3n) is 23.6. The Kier molecular flexibility index (Phi) is 33.2. The molecule has 16 aromatic rings. The Morgan fingerprint density at radius 2 is 0.312 bits per heavy atom. The van der Waals surface area contributed by atoms with Gasteiger partial charge in [-0.25, -0.2) is 0 Å². The standard InChI is InChI=1S/C126H102O15/c1-88-118(85-139-115-73-97(79-133-109-52-40-103(41-53-109)121(127)64-34-91-22-10-4-11-23-91)70-98(74-115)80-134-110-54-42-104(43-55-110)122(128)65-35-92-24-12-5-13-25-92)89(2)120(87-141-117-77-101(83-137-113-60-48-107(49-61-113)125(131)68-38-95-30-18-8-19-31-95)72-102(78-117)84-138-114-62-50-108(51-63-114)126(132)69-39-96-32-20-9-21-33-96)90(3)119(88)86-140-116-75-99(81-135-111-56-44-105(45-57-111)123(129)66-36-93-26-14-6-15-27-93)71-100(76-116)82-136-112-58-46-106(47-59-112)124(130)67-37-94-28-16-7-17-29-94/h4-78H,79-87H2,1-3H3/b64-34+,65-35+,66-36+,67-37+,68-38+,69-39+. The summed E-state index contributed by atoms with van der Waals surface area (Å²) in [4.78, 5) is 80.3. The van der Waals surface area contributed by atoms with E-state index in [1.807, 2.05) is 237 Å². The van der Waals surface area contributed by atoms with Gasteiger partial charge in [-0.2, -0.15) is 0 Å². The molecule has 0 bridgehead atoms. The molecule has 696 valence electrons. The molecule has 0 amide bonds. The highest BCUT2D eigenvalue weighted by Gasteiger charge is 2.22. The van der Waals surface area contributed by atoms with Gasteiger partial charge in [0.15, 0.2) is 34.7 Å². The largest absolute Gasteiger partial charge is 0.489 e. The fourth-order valence-corrected chi connectivity index (χ4v) is 15.7. The molecule has 15 nitrogen and oxygen atoms in total. The number of hydrogen-bond acceptors (Lipinski definition) is 15. The summed E-state index contributed by atoms with van der Waals surface area (Å²) < 4.78 is 60.3. The topological polar surface area (TPSA) is 185 Å². The van der Waals surface area contributed by atoms with Gasteiger partial charge in [0.2, 0.25) is 0 Å². The zero-order valence-electron chi connectivity index (χ0n) is 78.3. The van der Waals surface area contributed by atoms with Crippen LogP contribution in [0.2, 0.25) is 0 Å². The Balaban J connectivity index is 0.712. The van der Waals surface area contributed by atoms with Crippen molar-refractivity contribution in [1.82, 2.24) is 0 Å². The second-order valence-electron chi connectivity index (χ2n) is 33.7. The van der Waals surface area contributed by atoms with Crippen LogP contribution in [0.4, 0.5) is 0 Å². The Bertz CT molecular complexity index is 6110. The number of allylic oxidation sites excluding steroid dienone is 6. The van der Waals surface area contributed by atoms with Crippen molar-refractivity contribution in [3.8, 4) is 51.7 Å². The van der Waals surface area contributed by atoms with Gasteiger partial charge in [0.1, 0.15) is 111 Å². The molecule has 16 aromatic carbocycles. The second-order valence-corrected chi connectivity index (χ2v) is 33.7. The van der Waals surface area contributed by atoms with Gasteiger partial charge in [-0.1, -0.05) is 218 Å². The number of benzene rings is 16. The lowest BCUT2D eigenvalue weighted by Crippen LogP contribution is -2.14. The maximum atomic E-state index is 13.4. The molecule has 0 heterocycles. The van der Waals surface area contributed by atoms with E-state index in [1.54, 1.807) is 219 Å². The molecule has 15 heteroatoms. The number of carbonyl (C=O) groups is 6. The van der Waals surface area contributed by atoms with E-state index in [2.05, 4.69) is 20.8 Å². The Morgan fingerprint density at radius 3 is 0.461 bits per heavy atom. The molecule has 0 spiro atoms. The number of rotatable bonds is 45. The van der Waals surface area contributed by atoms with Crippen molar-refractivity contribution in [1.29, 1.82) is 0 Å². The average Bonchev–Trinajstić information content (AvgIpc) is 0.776. The summed E-state index contributed by atoms with van der Waals surface area (Å²) in [6.07, 6.45) is 20.1. The molecular weight excluding hydrogens is 1750 g/mol. The van der Waals surface area contributed by atoms with E-state index in [0.717, 1.165) is 100 Å². The molecular formula is C126H102O15. The minimum atomic E-state index is -0.147. The van der Waals surface area contributed by atoms with Gasteiger partial charge in [-0.3, -0.25) is 28.8 Å². The highest BCUT2D eigenvalue weighted by Crippen LogP contribution is 2.35. The van der Waals surface area contributed by atoms with E-state index in [4.69, 9.17) is 42.6 Å². The summed E-state index contributed by atoms with van der Waals surface area (Å²) in [5.41, 5.74) is 18.4. The van der Waals surface area contributed by atoms with Gasteiger partial charge in [0.25, 0.3) is 0 Å². The predicted octanol–water partition coefficient (Wildman–Crippen LogP) is 28.2. The molecule has 0 aliphatic heterocycles. The normalized spacial score (nSPS) is 11.3. The van der Waals surface area contributed by atoms with Gasteiger partial charge in [-0.15, -0.1) is 0 Å². The Labute approximate surface area is 821 Å². The van der Waals surface area contributed by atoms with Gasteiger partial charge in [0, 0.05) is 33.4 Å². The average molecular weight is 1860 g/mol. The van der Waals surface area contributed by atoms with Crippen LogP contribution < -0.4 is 42.6 Å². The summed E-state index contributed by atoms with van der Waals surface area (Å²) in [5, 5.41) is 0. The van der Waals surface area contributed by atoms with Crippen LogP contribution in [0.5, 0.6) is 51.7 Å². The lowest BCUT2D eigenvalue weighted by Gasteiger charge is -2.24. The highest BCUT2D eigenvalue weighted by molar-refractivity contribution is 6.10. The van der Waals surface area contributed by atoms with E-state index in [-0.39, 0.29) is 94.2 Å². The first-order valence-corrected chi connectivity index (χ1v) is 46.4. The van der Waals surface area contributed by atoms with Crippen LogP contribution in [0, 0.1) is 20.8 Å². The fraction of sp³-hybridized carbons (Fsp3) is 0.0952. The van der Waals surface area contributed by atoms with E-state index >= 15 is 0 Å². The van der Waals surface area contributed by atoms with E-state index < -0.39 is 0 Å². The molecule has 0 saturated carbocycles. The lowest BCUT2D eigenvalue weighted by atomic mass is 9.89.